The van der Waals surface area contributed by atoms with Crippen molar-refractivity contribution in [1.82, 2.24) is 9.97 Å². The van der Waals surface area contributed by atoms with Crippen molar-refractivity contribution in [3.05, 3.63) is 83.4 Å². The van der Waals surface area contributed by atoms with Gasteiger partial charge in [0.15, 0.2) is 11.5 Å². The van der Waals surface area contributed by atoms with E-state index in [1.165, 1.54) is 0 Å². The molecule has 2 aromatic heterocycles. The van der Waals surface area contributed by atoms with Gasteiger partial charge in [0.1, 0.15) is 5.52 Å². The van der Waals surface area contributed by atoms with Crippen molar-refractivity contribution in [2.75, 3.05) is 0 Å². The minimum absolute atomic E-state index is 0.0717. The van der Waals surface area contributed by atoms with Crippen LogP contribution in [0.5, 0.6) is 0 Å². The summed E-state index contributed by atoms with van der Waals surface area (Å²) >= 11 is 5.90. The van der Waals surface area contributed by atoms with Crippen molar-refractivity contribution in [2.45, 2.75) is 12.8 Å². The third-order valence-electron chi connectivity index (χ3n) is 4.81. The molecular formula is C23H17ClFN3O. The number of aryl methyl sites for hydroxylation is 1. The van der Waals surface area contributed by atoms with Gasteiger partial charge in [0.2, 0.25) is 0 Å². The van der Waals surface area contributed by atoms with Gasteiger partial charge >= 0.3 is 0 Å². The molecule has 4 nitrogen and oxygen atoms in total. The third-order valence-corrected chi connectivity index (χ3v) is 5.12. The molecule has 0 spiro atoms. The predicted octanol–water partition coefficient (Wildman–Crippen LogP) is 5.25. The summed E-state index contributed by atoms with van der Waals surface area (Å²) in [5.41, 5.74) is 9.62. The molecule has 0 aliphatic rings. The largest absolute Gasteiger partial charge is 0.364 e. The lowest BCUT2D eigenvalue weighted by Gasteiger charge is -2.14. The first kappa shape index (κ1) is 19.0. The second-order valence-electron chi connectivity index (χ2n) is 6.70. The Morgan fingerprint density at radius 2 is 1.72 bits per heavy atom. The minimum atomic E-state index is -0.922. The molecule has 0 radical (unpaired) electrons. The van der Waals surface area contributed by atoms with Crippen LogP contribution in [0, 0.1) is 12.7 Å². The number of carbonyl (C=O) groups excluding carboxylic acids is 1. The first-order valence-corrected chi connectivity index (χ1v) is 9.54. The van der Waals surface area contributed by atoms with Crippen molar-refractivity contribution in [2.24, 2.45) is 5.73 Å². The molecule has 0 aliphatic heterocycles. The summed E-state index contributed by atoms with van der Waals surface area (Å²) in [6.45, 7) is 1.71. The van der Waals surface area contributed by atoms with Crippen LogP contribution in [0.15, 0.2) is 60.7 Å². The molecule has 1 amide bonds. The fourth-order valence-corrected chi connectivity index (χ4v) is 3.50. The molecule has 0 atom stereocenters. The Balaban J connectivity index is 2.07. The maximum absolute atomic E-state index is 15.0. The fourth-order valence-electron chi connectivity index (χ4n) is 3.32. The molecule has 4 aromatic rings. The number of carbonyl (C=O) groups is 1. The van der Waals surface area contributed by atoms with Gasteiger partial charge in [-0.1, -0.05) is 54.6 Å². The highest BCUT2D eigenvalue weighted by molar-refractivity contribution is 6.17. The van der Waals surface area contributed by atoms with Gasteiger partial charge in [-0.15, -0.1) is 11.6 Å². The summed E-state index contributed by atoms with van der Waals surface area (Å²) < 4.78 is 15.0. The summed E-state index contributed by atoms with van der Waals surface area (Å²) in [6, 6.07) is 19.2. The van der Waals surface area contributed by atoms with E-state index in [1.54, 1.807) is 6.92 Å². The number of benzene rings is 2. The number of halogens is 2. The number of alkyl halides is 1. The van der Waals surface area contributed by atoms with Gasteiger partial charge in [-0.05, 0) is 24.1 Å². The normalized spacial score (nSPS) is 11.0. The molecule has 0 aliphatic carbocycles. The fraction of sp³-hybridized carbons (Fsp3) is 0.0870. The van der Waals surface area contributed by atoms with E-state index in [4.69, 9.17) is 17.3 Å². The van der Waals surface area contributed by atoms with Crippen LogP contribution in [0.1, 0.15) is 21.7 Å². The maximum atomic E-state index is 15.0. The Morgan fingerprint density at radius 1 is 1.03 bits per heavy atom. The van der Waals surface area contributed by atoms with E-state index in [9.17, 15) is 4.79 Å². The van der Waals surface area contributed by atoms with Crippen molar-refractivity contribution < 1.29 is 9.18 Å². The van der Waals surface area contributed by atoms with Crippen molar-refractivity contribution in [3.63, 3.8) is 0 Å². The van der Waals surface area contributed by atoms with E-state index in [1.807, 2.05) is 60.7 Å². The number of pyridine rings is 2. The van der Waals surface area contributed by atoms with Gasteiger partial charge in [0.05, 0.1) is 5.69 Å². The van der Waals surface area contributed by atoms with Gasteiger partial charge < -0.3 is 5.73 Å². The number of aromatic nitrogens is 2. The van der Waals surface area contributed by atoms with Gasteiger partial charge in [0.25, 0.3) is 5.91 Å². The van der Waals surface area contributed by atoms with Gasteiger partial charge in [-0.3, -0.25) is 4.79 Å². The van der Waals surface area contributed by atoms with Crippen LogP contribution in [-0.2, 0) is 5.88 Å². The highest BCUT2D eigenvalue weighted by atomic mass is 35.5. The molecule has 0 bridgehead atoms. The van der Waals surface area contributed by atoms with Crippen LogP contribution in [0.2, 0.25) is 0 Å². The van der Waals surface area contributed by atoms with Crippen LogP contribution in [0.4, 0.5) is 4.39 Å². The number of rotatable bonds is 4. The van der Waals surface area contributed by atoms with Crippen LogP contribution < -0.4 is 5.73 Å². The lowest BCUT2D eigenvalue weighted by Crippen LogP contribution is -2.16. The van der Waals surface area contributed by atoms with E-state index in [0.29, 0.717) is 22.7 Å². The molecule has 6 heteroatoms. The number of hydrogen-bond acceptors (Lipinski definition) is 3. The van der Waals surface area contributed by atoms with Gasteiger partial charge in [-0.2, -0.15) is 0 Å². The molecule has 2 heterocycles. The van der Waals surface area contributed by atoms with E-state index in [-0.39, 0.29) is 5.52 Å². The van der Waals surface area contributed by atoms with E-state index in [2.05, 4.69) is 9.97 Å². The number of amides is 1. The first-order valence-electron chi connectivity index (χ1n) is 9.01. The van der Waals surface area contributed by atoms with Gasteiger partial charge in [0, 0.05) is 28.1 Å². The van der Waals surface area contributed by atoms with Crippen molar-refractivity contribution in [3.8, 4) is 22.4 Å². The maximum Gasteiger partial charge on any atom is 0.270 e. The first-order chi connectivity index (χ1) is 14.0. The number of fused-ring (bicyclic) bond motifs is 1. The minimum Gasteiger partial charge on any atom is -0.364 e. The van der Waals surface area contributed by atoms with E-state index in [0.717, 1.165) is 22.3 Å². The summed E-state index contributed by atoms with van der Waals surface area (Å²) in [7, 11) is 0. The monoisotopic (exact) mass is 405 g/mol. The molecular weight excluding hydrogens is 389 g/mol. The molecule has 0 unspecified atom stereocenters. The molecule has 144 valence electrons. The summed E-state index contributed by atoms with van der Waals surface area (Å²) in [6.07, 6.45) is 0. The zero-order valence-electron chi connectivity index (χ0n) is 15.6. The van der Waals surface area contributed by atoms with Gasteiger partial charge in [-0.25, -0.2) is 14.4 Å². The average molecular weight is 406 g/mol. The standard InChI is InChI=1S/C23H17ClFN3O/c1-13-17-11-18(15-5-3-2-4-6-15)20(16-9-7-14(12-24)8-10-16)28-21(17)19(25)22(27-13)23(26)29/h2-11H,12H2,1H3,(H2,26,29). The molecule has 2 aromatic carbocycles. The molecule has 0 saturated carbocycles. The number of nitrogens with two attached hydrogens (primary N) is 1. The Hall–Kier alpha value is -3.31. The van der Waals surface area contributed by atoms with Crippen LogP contribution in [0.25, 0.3) is 33.3 Å². The quantitative estimate of drug-likeness (QED) is 0.471. The SMILES string of the molecule is Cc1nc(C(N)=O)c(F)c2nc(-c3ccc(CCl)cc3)c(-c3ccccc3)cc12. The topological polar surface area (TPSA) is 68.9 Å². The van der Waals surface area contributed by atoms with E-state index >= 15 is 4.39 Å². The third kappa shape index (κ3) is 3.45. The smallest absolute Gasteiger partial charge is 0.270 e. The summed E-state index contributed by atoms with van der Waals surface area (Å²) in [4.78, 5) is 20.3. The number of nitrogens with zero attached hydrogens (tertiary/aromatic N) is 2. The van der Waals surface area contributed by atoms with E-state index < -0.39 is 17.4 Å². The van der Waals surface area contributed by atoms with Crippen LogP contribution >= 0.6 is 11.6 Å². The highest BCUT2D eigenvalue weighted by Gasteiger charge is 2.20. The molecule has 2 N–H and O–H groups in total. The zero-order valence-corrected chi connectivity index (χ0v) is 16.4. The average Bonchev–Trinajstić information content (AvgIpc) is 2.76. The Labute approximate surface area is 172 Å². The molecule has 4 rings (SSSR count). The molecule has 0 fully saturated rings. The summed E-state index contributed by atoms with van der Waals surface area (Å²) in [5, 5.41) is 0.535. The zero-order chi connectivity index (χ0) is 20.5. The molecule has 29 heavy (non-hydrogen) atoms. The predicted molar refractivity (Wildman–Crippen MR) is 113 cm³/mol. The lowest BCUT2D eigenvalue weighted by atomic mass is 9.96. The summed E-state index contributed by atoms with van der Waals surface area (Å²) in [5.74, 6) is -1.33. The van der Waals surface area contributed by atoms with Crippen molar-refractivity contribution >= 4 is 28.4 Å². The van der Waals surface area contributed by atoms with Crippen molar-refractivity contribution in [1.29, 1.82) is 0 Å². The second-order valence-corrected chi connectivity index (χ2v) is 6.97. The lowest BCUT2D eigenvalue weighted by molar-refractivity contribution is 0.0991. The number of primary amides is 1. The number of hydrogen-bond donors (Lipinski definition) is 1. The van der Waals surface area contributed by atoms with Crippen LogP contribution in [-0.4, -0.2) is 15.9 Å². The Kier molecular flexibility index (Phi) is 4.99. The van der Waals surface area contributed by atoms with Crippen LogP contribution in [0.3, 0.4) is 0 Å². The second kappa shape index (κ2) is 7.60. The Morgan fingerprint density at radius 3 is 2.34 bits per heavy atom. The molecule has 0 saturated heterocycles. The Bertz CT molecular complexity index is 1220. The highest BCUT2D eigenvalue weighted by Crippen LogP contribution is 2.35.